The summed E-state index contributed by atoms with van der Waals surface area (Å²) in [6.45, 7) is 2.03. The van der Waals surface area contributed by atoms with Crippen LogP contribution >= 0.6 is 11.3 Å². The third-order valence-electron chi connectivity index (χ3n) is 4.81. The molecule has 1 aromatic carbocycles. The van der Waals surface area contributed by atoms with Gasteiger partial charge in [0.1, 0.15) is 17.0 Å². The minimum atomic E-state index is -3.68. The maximum Gasteiger partial charge on any atom is 0.238 e. The van der Waals surface area contributed by atoms with Crippen molar-refractivity contribution >= 4 is 37.4 Å². The van der Waals surface area contributed by atoms with Crippen LogP contribution in [0.15, 0.2) is 35.5 Å². The average Bonchev–Trinajstić information content (AvgIpc) is 3.00. The number of nitrogens with one attached hydrogen (secondary N) is 1. The van der Waals surface area contributed by atoms with Crippen LogP contribution in [0.5, 0.6) is 0 Å². The van der Waals surface area contributed by atoms with E-state index >= 15 is 0 Å². The fourth-order valence-corrected chi connectivity index (χ4v) is 5.18. The standard InChI is InChI=1S/C18H20N4O2S2/c1-11(12-6-8-13(9-7-12)26(19,23)24)22-17-16-14-4-2-3-5-15(14)25-18(16)21-10-20-17/h6-11H,2-5H2,1H3,(H2,19,23,24)(H,20,21,22)/t11-/m1/s1. The highest BCUT2D eigenvalue weighted by Crippen LogP contribution is 2.38. The SMILES string of the molecule is C[C@@H](Nc1ncnc2sc3c(c12)CCCC3)c1ccc(S(N)(=O)=O)cc1. The molecule has 26 heavy (non-hydrogen) atoms. The summed E-state index contributed by atoms with van der Waals surface area (Å²) >= 11 is 1.77. The second-order valence-corrected chi connectivity index (χ2v) is 9.24. The fourth-order valence-electron chi connectivity index (χ4n) is 3.43. The van der Waals surface area contributed by atoms with E-state index in [-0.39, 0.29) is 10.9 Å². The summed E-state index contributed by atoms with van der Waals surface area (Å²) in [5, 5.41) is 9.77. The van der Waals surface area contributed by atoms with E-state index in [2.05, 4.69) is 15.3 Å². The van der Waals surface area contributed by atoms with Crippen molar-refractivity contribution in [1.82, 2.24) is 9.97 Å². The third-order valence-corrected chi connectivity index (χ3v) is 6.94. The molecule has 3 N–H and O–H groups in total. The van der Waals surface area contributed by atoms with Crippen LogP contribution < -0.4 is 10.5 Å². The molecule has 2 aromatic heterocycles. The van der Waals surface area contributed by atoms with E-state index in [9.17, 15) is 8.42 Å². The minimum Gasteiger partial charge on any atom is -0.363 e. The first kappa shape index (κ1) is 17.4. The van der Waals surface area contributed by atoms with E-state index in [0.29, 0.717) is 0 Å². The monoisotopic (exact) mass is 388 g/mol. The summed E-state index contributed by atoms with van der Waals surface area (Å²) in [4.78, 5) is 11.5. The maximum absolute atomic E-state index is 11.4. The van der Waals surface area contributed by atoms with Gasteiger partial charge in [-0.25, -0.2) is 23.5 Å². The highest BCUT2D eigenvalue weighted by Gasteiger charge is 2.20. The number of fused-ring (bicyclic) bond motifs is 3. The lowest BCUT2D eigenvalue weighted by atomic mass is 9.97. The average molecular weight is 389 g/mol. The van der Waals surface area contributed by atoms with Crippen LogP contribution in [0.3, 0.4) is 0 Å². The first-order valence-electron chi connectivity index (χ1n) is 8.58. The van der Waals surface area contributed by atoms with Crippen molar-refractivity contribution in [2.75, 3.05) is 5.32 Å². The van der Waals surface area contributed by atoms with Crippen molar-refractivity contribution < 1.29 is 8.42 Å². The molecule has 0 aliphatic heterocycles. The molecule has 136 valence electrons. The second-order valence-electron chi connectivity index (χ2n) is 6.59. The molecule has 0 saturated heterocycles. The molecule has 4 rings (SSSR count). The Morgan fingerprint density at radius 1 is 1.15 bits per heavy atom. The van der Waals surface area contributed by atoms with Crippen molar-refractivity contribution in [3.63, 3.8) is 0 Å². The Hall–Kier alpha value is -2.03. The van der Waals surface area contributed by atoms with E-state index in [1.165, 1.54) is 35.4 Å². The van der Waals surface area contributed by atoms with Crippen LogP contribution in [0.1, 0.15) is 41.8 Å². The molecule has 1 aliphatic rings. The Balaban J connectivity index is 1.66. The van der Waals surface area contributed by atoms with Gasteiger partial charge in [-0.1, -0.05) is 12.1 Å². The zero-order chi connectivity index (χ0) is 18.3. The predicted octanol–water partition coefficient (Wildman–Crippen LogP) is 3.39. The maximum atomic E-state index is 11.4. The third kappa shape index (κ3) is 3.20. The van der Waals surface area contributed by atoms with Gasteiger partial charge in [-0.05, 0) is 55.9 Å². The Labute approximate surface area is 156 Å². The smallest absolute Gasteiger partial charge is 0.238 e. The van der Waals surface area contributed by atoms with Crippen molar-refractivity contribution in [2.45, 2.75) is 43.5 Å². The normalized spacial score (nSPS) is 15.6. The van der Waals surface area contributed by atoms with Crippen molar-refractivity contribution in [3.8, 4) is 0 Å². The molecule has 0 amide bonds. The summed E-state index contributed by atoms with van der Waals surface area (Å²) in [6, 6.07) is 6.59. The number of nitrogens with two attached hydrogens (primary N) is 1. The molecule has 1 aliphatic carbocycles. The van der Waals surface area contributed by atoms with E-state index in [0.717, 1.165) is 34.4 Å². The van der Waals surface area contributed by atoms with E-state index < -0.39 is 10.0 Å². The van der Waals surface area contributed by atoms with Gasteiger partial charge < -0.3 is 5.32 Å². The molecule has 0 spiro atoms. The van der Waals surface area contributed by atoms with Gasteiger partial charge in [0.2, 0.25) is 10.0 Å². The largest absolute Gasteiger partial charge is 0.363 e. The Kier molecular flexibility index (Phi) is 4.42. The lowest BCUT2D eigenvalue weighted by molar-refractivity contribution is 0.597. The number of rotatable bonds is 4. The van der Waals surface area contributed by atoms with Gasteiger partial charge in [0, 0.05) is 10.9 Å². The molecule has 2 heterocycles. The lowest BCUT2D eigenvalue weighted by Gasteiger charge is -2.17. The quantitative estimate of drug-likeness (QED) is 0.714. The van der Waals surface area contributed by atoms with Gasteiger partial charge in [0.05, 0.1) is 10.3 Å². The number of anilines is 1. The number of benzene rings is 1. The summed E-state index contributed by atoms with van der Waals surface area (Å²) in [6.07, 6.45) is 6.25. The van der Waals surface area contributed by atoms with Crippen LogP contribution in [0.2, 0.25) is 0 Å². The molecule has 8 heteroatoms. The molecule has 0 bridgehead atoms. The van der Waals surface area contributed by atoms with Gasteiger partial charge in [0.25, 0.3) is 0 Å². The Bertz CT molecular complexity index is 1060. The minimum absolute atomic E-state index is 0.0261. The summed E-state index contributed by atoms with van der Waals surface area (Å²) in [5.41, 5.74) is 2.35. The zero-order valence-corrected chi connectivity index (χ0v) is 16.0. The number of aromatic nitrogens is 2. The highest BCUT2D eigenvalue weighted by atomic mass is 32.2. The lowest BCUT2D eigenvalue weighted by Crippen LogP contribution is -2.13. The Morgan fingerprint density at radius 2 is 1.88 bits per heavy atom. The highest BCUT2D eigenvalue weighted by molar-refractivity contribution is 7.89. The van der Waals surface area contributed by atoms with Crippen molar-refractivity contribution in [3.05, 3.63) is 46.6 Å². The zero-order valence-electron chi connectivity index (χ0n) is 14.4. The molecule has 0 fully saturated rings. The van der Waals surface area contributed by atoms with Gasteiger partial charge in [0.15, 0.2) is 0 Å². The number of sulfonamides is 1. The number of hydrogen-bond acceptors (Lipinski definition) is 6. The first-order valence-corrected chi connectivity index (χ1v) is 10.9. The first-order chi connectivity index (χ1) is 12.4. The van der Waals surface area contributed by atoms with E-state index in [4.69, 9.17) is 5.14 Å². The van der Waals surface area contributed by atoms with Crippen LogP contribution in [0.25, 0.3) is 10.2 Å². The van der Waals surface area contributed by atoms with E-state index in [1.807, 2.05) is 6.92 Å². The predicted molar refractivity (Wildman–Crippen MR) is 104 cm³/mol. The molecular formula is C18H20N4O2S2. The molecule has 3 aromatic rings. The van der Waals surface area contributed by atoms with Crippen molar-refractivity contribution in [1.29, 1.82) is 0 Å². The van der Waals surface area contributed by atoms with Gasteiger partial charge >= 0.3 is 0 Å². The molecule has 1 atom stereocenters. The summed E-state index contributed by atoms with van der Waals surface area (Å²) in [7, 11) is -3.68. The molecule has 0 saturated carbocycles. The van der Waals surface area contributed by atoms with Gasteiger partial charge in [-0.3, -0.25) is 0 Å². The van der Waals surface area contributed by atoms with E-state index in [1.54, 1.807) is 29.8 Å². The van der Waals surface area contributed by atoms with Crippen LogP contribution in [0, 0.1) is 0 Å². The van der Waals surface area contributed by atoms with Crippen molar-refractivity contribution in [2.24, 2.45) is 5.14 Å². The number of thiophene rings is 1. The molecule has 0 unspecified atom stereocenters. The number of nitrogens with zero attached hydrogens (tertiary/aromatic N) is 2. The number of hydrogen-bond donors (Lipinski definition) is 2. The molecule has 6 nitrogen and oxygen atoms in total. The van der Waals surface area contributed by atoms with Gasteiger partial charge in [-0.15, -0.1) is 11.3 Å². The van der Waals surface area contributed by atoms with Gasteiger partial charge in [-0.2, -0.15) is 0 Å². The van der Waals surface area contributed by atoms with Crippen LogP contribution in [0.4, 0.5) is 5.82 Å². The molecule has 0 radical (unpaired) electrons. The van der Waals surface area contributed by atoms with Crippen LogP contribution in [-0.4, -0.2) is 18.4 Å². The topological polar surface area (TPSA) is 98.0 Å². The fraction of sp³-hybridized carbons (Fsp3) is 0.333. The number of primary sulfonamides is 1. The molecular weight excluding hydrogens is 368 g/mol. The summed E-state index contributed by atoms with van der Waals surface area (Å²) in [5.74, 6) is 0.845. The summed E-state index contributed by atoms with van der Waals surface area (Å²) < 4.78 is 22.8. The van der Waals surface area contributed by atoms with Crippen LogP contribution in [-0.2, 0) is 22.9 Å². The Morgan fingerprint density at radius 3 is 2.62 bits per heavy atom. The number of aryl methyl sites for hydroxylation is 2. The second kappa shape index (κ2) is 6.61.